The van der Waals surface area contributed by atoms with Gasteiger partial charge in [0.05, 0.1) is 23.4 Å². The van der Waals surface area contributed by atoms with Crippen molar-refractivity contribution in [1.29, 1.82) is 0 Å². The number of amides is 2. The molecule has 4 N–H and O–H groups in total. The minimum Gasteiger partial charge on any atom is -0.496 e. The van der Waals surface area contributed by atoms with Gasteiger partial charge in [-0.1, -0.05) is 11.6 Å². The molecule has 0 unspecified atom stereocenters. The van der Waals surface area contributed by atoms with Crippen LogP contribution >= 0.6 is 11.6 Å². The Kier molecular flexibility index (Phi) is 4.17. The lowest BCUT2D eigenvalue weighted by molar-refractivity contribution is -0.119. The molecule has 0 fully saturated rings. The van der Waals surface area contributed by atoms with E-state index in [0.717, 1.165) is 0 Å². The van der Waals surface area contributed by atoms with Crippen molar-refractivity contribution in [2.24, 2.45) is 0 Å². The van der Waals surface area contributed by atoms with Gasteiger partial charge in [-0.05, 0) is 6.07 Å². The topological polar surface area (TPSA) is 93.4 Å². The van der Waals surface area contributed by atoms with E-state index in [9.17, 15) is 9.59 Å². The van der Waals surface area contributed by atoms with Crippen molar-refractivity contribution in [2.75, 3.05) is 12.8 Å². The van der Waals surface area contributed by atoms with Crippen molar-refractivity contribution in [3.05, 3.63) is 22.7 Å². The quantitative estimate of drug-likeness (QED) is 0.537. The third-order valence-corrected chi connectivity index (χ3v) is 2.24. The number of nitrogen functional groups attached to an aromatic ring is 1. The average molecular weight is 258 g/mol. The molecule has 0 aliphatic rings. The fourth-order valence-electron chi connectivity index (χ4n) is 1.13. The van der Waals surface area contributed by atoms with Crippen LogP contribution in [0.15, 0.2) is 12.1 Å². The van der Waals surface area contributed by atoms with Gasteiger partial charge in [-0.25, -0.2) is 0 Å². The Hall–Kier alpha value is -1.95. The first-order valence-electron chi connectivity index (χ1n) is 4.65. The number of hydrazine groups is 1. The third-order valence-electron chi connectivity index (χ3n) is 1.92. The zero-order valence-electron chi connectivity index (χ0n) is 9.33. The van der Waals surface area contributed by atoms with Gasteiger partial charge in [0, 0.05) is 13.0 Å². The van der Waals surface area contributed by atoms with Crippen molar-refractivity contribution in [3.63, 3.8) is 0 Å². The Morgan fingerprint density at radius 3 is 2.53 bits per heavy atom. The van der Waals surface area contributed by atoms with Crippen molar-refractivity contribution in [2.45, 2.75) is 6.92 Å². The average Bonchev–Trinajstić information content (AvgIpc) is 2.28. The highest BCUT2D eigenvalue weighted by Gasteiger charge is 2.14. The molecule has 7 heteroatoms. The maximum atomic E-state index is 11.7. The number of ether oxygens (including phenoxy) is 1. The predicted molar refractivity (Wildman–Crippen MR) is 63.7 cm³/mol. The first-order chi connectivity index (χ1) is 7.95. The first kappa shape index (κ1) is 13.1. The molecule has 0 radical (unpaired) electrons. The number of anilines is 1. The van der Waals surface area contributed by atoms with Gasteiger partial charge in [0.1, 0.15) is 5.75 Å². The fourth-order valence-corrected chi connectivity index (χ4v) is 1.29. The van der Waals surface area contributed by atoms with Gasteiger partial charge in [0.2, 0.25) is 5.91 Å². The molecule has 0 aliphatic carbocycles. The minimum atomic E-state index is -0.543. The number of benzene rings is 1. The van der Waals surface area contributed by atoms with Crippen LogP contribution in [0.4, 0.5) is 5.69 Å². The summed E-state index contributed by atoms with van der Waals surface area (Å²) in [5, 5.41) is 0.235. The molecule has 1 aromatic rings. The first-order valence-corrected chi connectivity index (χ1v) is 5.03. The smallest absolute Gasteiger partial charge is 0.273 e. The van der Waals surface area contributed by atoms with Crippen LogP contribution in [-0.4, -0.2) is 18.9 Å². The van der Waals surface area contributed by atoms with Gasteiger partial charge in [-0.15, -0.1) is 0 Å². The van der Waals surface area contributed by atoms with Crippen molar-refractivity contribution < 1.29 is 14.3 Å². The molecule has 2 amide bonds. The highest BCUT2D eigenvalue weighted by molar-refractivity contribution is 6.33. The van der Waals surface area contributed by atoms with Crippen LogP contribution in [0, 0.1) is 0 Å². The zero-order valence-corrected chi connectivity index (χ0v) is 10.1. The summed E-state index contributed by atoms with van der Waals surface area (Å²) in [7, 11) is 1.40. The number of carbonyl (C=O) groups excluding carboxylic acids is 2. The summed E-state index contributed by atoms with van der Waals surface area (Å²) in [6.45, 7) is 1.27. The summed E-state index contributed by atoms with van der Waals surface area (Å²) >= 11 is 5.80. The van der Waals surface area contributed by atoms with Gasteiger partial charge in [-0.3, -0.25) is 20.4 Å². The second-order valence-corrected chi connectivity index (χ2v) is 3.62. The molecule has 1 aromatic carbocycles. The summed E-state index contributed by atoms with van der Waals surface area (Å²) < 4.78 is 5.00. The van der Waals surface area contributed by atoms with E-state index in [1.165, 1.54) is 26.2 Å². The number of halogens is 1. The molecular weight excluding hydrogens is 246 g/mol. The summed E-state index contributed by atoms with van der Waals surface area (Å²) in [5.41, 5.74) is 10.4. The van der Waals surface area contributed by atoms with Crippen LogP contribution in [0.25, 0.3) is 0 Å². The summed E-state index contributed by atoms with van der Waals surface area (Å²) in [6.07, 6.45) is 0. The van der Waals surface area contributed by atoms with Crippen LogP contribution in [0.3, 0.4) is 0 Å². The molecule has 1 rings (SSSR count). The van der Waals surface area contributed by atoms with E-state index in [1.807, 2.05) is 0 Å². The number of nitrogens with one attached hydrogen (secondary N) is 2. The van der Waals surface area contributed by atoms with E-state index in [-0.39, 0.29) is 22.2 Å². The van der Waals surface area contributed by atoms with Crippen molar-refractivity contribution in [1.82, 2.24) is 10.9 Å². The minimum absolute atomic E-state index is 0.181. The van der Waals surface area contributed by atoms with Gasteiger partial charge in [0.15, 0.2) is 0 Å². The van der Waals surface area contributed by atoms with Crippen molar-refractivity contribution in [3.8, 4) is 5.75 Å². The maximum absolute atomic E-state index is 11.7. The molecule has 0 saturated heterocycles. The monoisotopic (exact) mass is 257 g/mol. The molecular formula is C10H12ClN3O3. The summed E-state index contributed by atoms with van der Waals surface area (Å²) in [6, 6.07) is 2.80. The van der Waals surface area contributed by atoms with Crippen LogP contribution < -0.4 is 21.3 Å². The van der Waals surface area contributed by atoms with Gasteiger partial charge in [-0.2, -0.15) is 0 Å². The highest BCUT2D eigenvalue weighted by Crippen LogP contribution is 2.28. The van der Waals surface area contributed by atoms with Gasteiger partial charge >= 0.3 is 0 Å². The van der Waals surface area contributed by atoms with Gasteiger partial charge in [0.25, 0.3) is 5.91 Å². The Bertz CT molecular complexity index is 462. The Labute approximate surface area is 103 Å². The molecule has 0 spiro atoms. The van der Waals surface area contributed by atoms with E-state index >= 15 is 0 Å². The van der Waals surface area contributed by atoms with E-state index in [2.05, 4.69) is 10.9 Å². The molecule has 17 heavy (non-hydrogen) atoms. The molecule has 92 valence electrons. The van der Waals surface area contributed by atoms with E-state index in [0.29, 0.717) is 5.69 Å². The predicted octanol–water partition coefficient (Wildman–Crippen LogP) is 0.712. The number of methoxy groups -OCH3 is 1. The molecule has 0 bridgehead atoms. The maximum Gasteiger partial charge on any atom is 0.273 e. The lowest BCUT2D eigenvalue weighted by Gasteiger charge is -2.11. The summed E-state index contributed by atoms with van der Waals surface area (Å²) in [4.78, 5) is 22.3. The van der Waals surface area contributed by atoms with Crippen LogP contribution in [0.2, 0.25) is 5.02 Å². The van der Waals surface area contributed by atoms with E-state index < -0.39 is 5.91 Å². The van der Waals surface area contributed by atoms with Crippen molar-refractivity contribution >= 4 is 29.1 Å². The van der Waals surface area contributed by atoms with Crippen LogP contribution in [0.5, 0.6) is 5.75 Å². The lowest BCUT2D eigenvalue weighted by atomic mass is 10.1. The molecule has 0 aliphatic heterocycles. The Balaban J connectivity index is 2.99. The number of hydrogen-bond acceptors (Lipinski definition) is 4. The highest BCUT2D eigenvalue weighted by atomic mass is 35.5. The number of nitrogens with two attached hydrogens (primary N) is 1. The largest absolute Gasteiger partial charge is 0.496 e. The normalized spacial score (nSPS) is 9.59. The SMILES string of the molecule is COc1cc(N)c(Cl)cc1C(=O)NNC(C)=O. The molecule has 0 aromatic heterocycles. The fraction of sp³-hybridized carbons (Fsp3) is 0.200. The number of carbonyl (C=O) groups is 2. The molecule has 0 atom stereocenters. The molecule has 0 heterocycles. The van der Waals surface area contributed by atoms with Crippen LogP contribution in [-0.2, 0) is 4.79 Å². The Morgan fingerprint density at radius 1 is 1.35 bits per heavy atom. The van der Waals surface area contributed by atoms with Crippen LogP contribution in [0.1, 0.15) is 17.3 Å². The van der Waals surface area contributed by atoms with E-state index in [4.69, 9.17) is 22.1 Å². The van der Waals surface area contributed by atoms with E-state index in [1.54, 1.807) is 0 Å². The molecule has 0 saturated carbocycles. The Morgan fingerprint density at radius 2 is 2.00 bits per heavy atom. The molecule has 6 nitrogen and oxygen atoms in total. The number of hydrogen-bond donors (Lipinski definition) is 3. The van der Waals surface area contributed by atoms with Gasteiger partial charge < -0.3 is 10.5 Å². The second-order valence-electron chi connectivity index (χ2n) is 3.21. The zero-order chi connectivity index (χ0) is 13.0. The lowest BCUT2D eigenvalue weighted by Crippen LogP contribution is -2.40. The third kappa shape index (κ3) is 3.25. The summed E-state index contributed by atoms with van der Waals surface area (Å²) in [5.74, 6) is -0.660. The number of rotatable bonds is 2. The standard InChI is InChI=1S/C10H12ClN3O3/c1-5(15)13-14-10(16)6-3-7(11)8(12)4-9(6)17-2/h3-4H,12H2,1-2H3,(H,13,15)(H,14,16). The second kappa shape index (κ2) is 5.40.